The van der Waals surface area contributed by atoms with Gasteiger partial charge in [-0.05, 0) is 31.7 Å². The molecule has 1 aromatic carbocycles. The molecular formula is C11H14NO. The van der Waals surface area contributed by atoms with Crippen LogP contribution in [0.1, 0.15) is 6.42 Å². The molecular weight excluding hydrogens is 162 g/mol. The molecule has 1 saturated heterocycles. The van der Waals surface area contributed by atoms with E-state index in [-0.39, 0.29) is 0 Å². The fourth-order valence-corrected chi connectivity index (χ4v) is 1.63. The van der Waals surface area contributed by atoms with Crippen molar-refractivity contribution in [3.63, 3.8) is 0 Å². The summed E-state index contributed by atoms with van der Waals surface area (Å²) in [6, 6.07) is 10.7. The first-order valence-electron chi connectivity index (χ1n) is 4.66. The zero-order chi connectivity index (χ0) is 9.10. The maximum absolute atomic E-state index is 5.78. The number of ether oxygens (including phenoxy) is 1. The number of nitrogens with zero attached hydrogens (tertiary/aromatic N) is 1. The van der Waals surface area contributed by atoms with E-state index in [2.05, 4.69) is 18.0 Å². The molecule has 0 bridgehead atoms. The summed E-state index contributed by atoms with van der Waals surface area (Å²) >= 11 is 0. The molecule has 1 aliphatic rings. The summed E-state index contributed by atoms with van der Waals surface area (Å²) in [6.07, 6.45) is 1.50. The molecule has 0 saturated carbocycles. The zero-order valence-corrected chi connectivity index (χ0v) is 7.86. The molecule has 0 aromatic heterocycles. The Kier molecular flexibility index (Phi) is 2.50. The molecule has 1 atom stereocenters. The van der Waals surface area contributed by atoms with Gasteiger partial charge in [0.2, 0.25) is 0 Å². The third kappa shape index (κ3) is 2.22. The van der Waals surface area contributed by atoms with Crippen LogP contribution >= 0.6 is 0 Å². The Bertz CT molecular complexity index is 260. The van der Waals surface area contributed by atoms with E-state index in [0.717, 1.165) is 25.3 Å². The van der Waals surface area contributed by atoms with E-state index >= 15 is 0 Å². The van der Waals surface area contributed by atoms with Crippen LogP contribution in [0.5, 0.6) is 5.75 Å². The molecule has 0 spiro atoms. The van der Waals surface area contributed by atoms with Crippen LogP contribution < -0.4 is 4.74 Å². The van der Waals surface area contributed by atoms with Crippen LogP contribution in [0.3, 0.4) is 0 Å². The maximum Gasteiger partial charge on any atom is 0.119 e. The Morgan fingerprint density at radius 3 is 2.85 bits per heavy atom. The highest BCUT2D eigenvalue weighted by atomic mass is 16.5. The Labute approximate surface area is 79.1 Å². The summed E-state index contributed by atoms with van der Waals surface area (Å²) in [5, 5.41) is 0. The van der Waals surface area contributed by atoms with Crippen molar-refractivity contribution in [2.75, 3.05) is 20.1 Å². The molecule has 69 valence electrons. The summed E-state index contributed by atoms with van der Waals surface area (Å²) in [7, 11) is 2.13. The summed E-state index contributed by atoms with van der Waals surface area (Å²) in [5.41, 5.74) is 0. The fourth-order valence-electron chi connectivity index (χ4n) is 1.63. The molecule has 1 aromatic rings. The number of benzene rings is 1. The van der Waals surface area contributed by atoms with Crippen LogP contribution in [0.4, 0.5) is 0 Å². The van der Waals surface area contributed by atoms with Gasteiger partial charge in [0, 0.05) is 13.1 Å². The number of rotatable bonds is 2. The molecule has 1 radical (unpaired) electrons. The lowest BCUT2D eigenvalue weighted by atomic mass is 10.3. The van der Waals surface area contributed by atoms with Gasteiger partial charge in [0.1, 0.15) is 11.9 Å². The van der Waals surface area contributed by atoms with Gasteiger partial charge in [0.15, 0.2) is 0 Å². The summed E-state index contributed by atoms with van der Waals surface area (Å²) < 4.78 is 5.78. The largest absolute Gasteiger partial charge is 0.489 e. The van der Waals surface area contributed by atoms with E-state index < -0.39 is 0 Å². The molecule has 1 heterocycles. The van der Waals surface area contributed by atoms with E-state index in [1.807, 2.05) is 24.3 Å². The van der Waals surface area contributed by atoms with E-state index in [4.69, 9.17) is 4.74 Å². The number of hydrogen-bond acceptors (Lipinski definition) is 2. The second kappa shape index (κ2) is 3.79. The highest BCUT2D eigenvalue weighted by Gasteiger charge is 2.20. The van der Waals surface area contributed by atoms with Gasteiger partial charge < -0.3 is 9.64 Å². The van der Waals surface area contributed by atoms with Crippen molar-refractivity contribution in [1.82, 2.24) is 4.90 Å². The molecule has 13 heavy (non-hydrogen) atoms. The minimum absolute atomic E-state index is 0.368. The van der Waals surface area contributed by atoms with Crippen LogP contribution in [-0.2, 0) is 0 Å². The minimum atomic E-state index is 0.368. The molecule has 1 fully saturated rings. The third-order valence-electron chi connectivity index (χ3n) is 2.34. The molecule has 0 amide bonds. The van der Waals surface area contributed by atoms with E-state index in [9.17, 15) is 0 Å². The predicted molar refractivity (Wildman–Crippen MR) is 51.8 cm³/mol. The van der Waals surface area contributed by atoms with Gasteiger partial charge in [-0.15, -0.1) is 0 Å². The smallest absolute Gasteiger partial charge is 0.119 e. The number of likely N-dealkylation sites (tertiary alicyclic amines) is 1. The summed E-state index contributed by atoms with van der Waals surface area (Å²) in [5.74, 6) is 0.957. The van der Waals surface area contributed by atoms with Crippen molar-refractivity contribution in [2.45, 2.75) is 12.5 Å². The van der Waals surface area contributed by atoms with Gasteiger partial charge in [-0.2, -0.15) is 0 Å². The van der Waals surface area contributed by atoms with Crippen LogP contribution in [0.2, 0.25) is 0 Å². The van der Waals surface area contributed by atoms with Gasteiger partial charge in [0.05, 0.1) is 0 Å². The summed E-state index contributed by atoms with van der Waals surface area (Å²) in [4.78, 5) is 2.29. The van der Waals surface area contributed by atoms with Gasteiger partial charge in [-0.1, -0.05) is 12.1 Å². The maximum atomic E-state index is 5.78. The zero-order valence-electron chi connectivity index (χ0n) is 7.86. The van der Waals surface area contributed by atoms with Gasteiger partial charge in [0.25, 0.3) is 0 Å². The standard InChI is InChI=1S/C11H14NO/c1-12-8-7-11(9-12)13-10-5-3-2-4-6-10/h3-6,11H,7-9H2,1H3. The van der Waals surface area contributed by atoms with Crippen molar-refractivity contribution >= 4 is 0 Å². The topological polar surface area (TPSA) is 12.5 Å². The molecule has 2 heteroatoms. The van der Waals surface area contributed by atoms with Gasteiger partial charge >= 0.3 is 0 Å². The minimum Gasteiger partial charge on any atom is -0.489 e. The van der Waals surface area contributed by atoms with Crippen molar-refractivity contribution in [1.29, 1.82) is 0 Å². The Hall–Kier alpha value is -1.02. The Morgan fingerprint density at radius 1 is 1.46 bits per heavy atom. The quantitative estimate of drug-likeness (QED) is 0.678. The van der Waals surface area contributed by atoms with Crippen molar-refractivity contribution in [3.8, 4) is 5.75 Å². The normalized spacial score (nSPS) is 23.3. The van der Waals surface area contributed by atoms with Gasteiger partial charge in [-0.3, -0.25) is 0 Å². The first-order chi connectivity index (χ1) is 6.34. The molecule has 0 N–H and O–H groups in total. The number of likely N-dealkylation sites (N-methyl/N-ethyl adjacent to an activating group) is 1. The fraction of sp³-hybridized carbons (Fsp3) is 0.455. The van der Waals surface area contributed by atoms with E-state index in [0.29, 0.717) is 6.10 Å². The first-order valence-corrected chi connectivity index (χ1v) is 4.66. The highest BCUT2D eigenvalue weighted by molar-refractivity contribution is 5.20. The molecule has 1 aliphatic heterocycles. The monoisotopic (exact) mass is 176 g/mol. The second-order valence-corrected chi connectivity index (χ2v) is 3.53. The lowest BCUT2D eigenvalue weighted by Gasteiger charge is -2.13. The van der Waals surface area contributed by atoms with Crippen LogP contribution in [0, 0.1) is 6.07 Å². The number of hydrogen-bond donors (Lipinski definition) is 0. The average Bonchev–Trinajstić information content (AvgIpc) is 2.53. The van der Waals surface area contributed by atoms with Crippen molar-refractivity contribution in [2.24, 2.45) is 0 Å². The average molecular weight is 176 g/mol. The molecule has 1 unspecified atom stereocenters. The summed E-state index contributed by atoms with van der Waals surface area (Å²) in [6.45, 7) is 2.18. The molecule has 2 rings (SSSR count). The Balaban J connectivity index is 1.92. The highest BCUT2D eigenvalue weighted by Crippen LogP contribution is 2.16. The van der Waals surface area contributed by atoms with Crippen molar-refractivity contribution in [3.05, 3.63) is 30.3 Å². The van der Waals surface area contributed by atoms with Crippen molar-refractivity contribution < 1.29 is 4.74 Å². The van der Waals surface area contributed by atoms with Crippen LogP contribution in [0.25, 0.3) is 0 Å². The third-order valence-corrected chi connectivity index (χ3v) is 2.34. The lowest BCUT2D eigenvalue weighted by molar-refractivity contribution is 0.208. The lowest BCUT2D eigenvalue weighted by Crippen LogP contribution is -2.21. The van der Waals surface area contributed by atoms with Crippen LogP contribution in [0.15, 0.2) is 24.3 Å². The molecule has 0 aliphatic carbocycles. The predicted octanol–water partition coefficient (Wildman–Crippen LogP) is 1.57. The van der Waals surface area contributed by atoms with E-state index in [1.165, 1.54) is 0 Å². The second-order valence-electron chi connectivity index (χ2n) is 3.53. The van der Waals surface area contributed by atoms with Crippen LogP contribution in [-0.4, -0.2) is 31.1 Å². The SMILES string of the molecule is CN1CCC(Oc2cc[c]cc2)C1. The molecule has 2 nitrogen and oxygen atoms in total. The van der Waals surface area contributed by atoms with E-state index in [1.54, 1.807) is 0 Å². The Morgan fingerprint density at radius 2 is 2.23 bits per heavy atom. The first kappa shape index (κ1) is 8.57. The van der Waals surface area contributed by atoms with Gasteiger partial charge in [-0.25, -0.2) is 0 Å².